The van der Waals surface area contributed by atoms with Gasteiger partial charge in [0.05, 0.1) is 12.5 Å². The van der Waals surface area contributed by atoms with Crippen molar-refractivity contribution in [2.75, 3.05) is 0 Å². The van der Waals surface area contributed by atoms with E-state index in [-0.39, 0.29) is 18.1 Å². The molecule has 0 saturated heterocycles. The number of aromatic hydroxyl groups is 1. The van der Waals surface area contributed by atoms with Crippen LogP contribution >= 0.6 is 0 Å². The number of primary amides is 1. The van der Waals surface area contributed by atoms with Crippen molar-refractivity contribution in [3.63, 3.8) is 0 Å². The van der Waals surface area contributed by atoms with Crippen molar-refractivity contribution in [3.8, 4) is 5.75 Å². The Balaban J connectivity index is 3.18. The second-order valence-electron chi connectivity index (χ2n) is 8.16. The zero-order valence-corrected chi connectivity index (χ0v) is 19.4. The van der Waals surface area contributed by atoms with E-state index in [0.717, 1.165) is 0 Å². The van der Waals surface area contributed by atoms with Crippen molar-refractivity contribution in [2.24, 2.45) is 17.4 Å². The van der Waals surface area contributed by atoms with Gasteiger partial charge in [0, 0.05) is 6.42 Å². The first-order valence-corrected chi connectivity index (χ1v) is 10.8. The first kappa shape index (κ1) is 28.4. The summed E-state index contributed by atoms with van der Waals surface area (Å²) in [4.78, 5) is 61.0. The number of carboxylic acid groups (broad SMARTS) is 1. The van der Waals surface area contributed by atoms with Crippen LogP contribution in [-0.4, -0.2) is 64.0 Å². The van der Waals surface area contributed by atoms with Gasteiger partial charge in [0.2, 0.25) is 23.6 Å². The van der Waals surface area contributed by atoms with Gasteiger partial charge in [-0.3, -0.25) is 19.2 Å². The zero-order valence-electron chi connectivity index (χ0n) is 19.4. The standard InChI is InChI=1S/C22H33N5O7/c1-4-11(2)18(22(33)34)27-21(32)15(9-13-5-7-14(28)8-6-13)26-20(31)16(10-17(24)29)25-19(30)12(3)23/h5-8,11-12,15-16,18,28H,4,9-10,23H2,1-3H3,(H2,24,29)(H,25,30)(H,26,31)(H,27,32)(H,33,34). The van der Waals surface area contributed by atoms with Crippen LogP contribution in [0.4, 0.5) is 0 Å². The molecule has 4 amide bonds. The summed E-state index contributed by atoms with van der Waals surface area (Å²) in [6.07, 6.45) is -0.117. The largest absolute Gasteiger partial charge is 0.508 e. The number of hydrogen-bond acceptors (Lipinski definition) is 7. The van der Waals surface area contributed by atoms with E-state index in [0.29, 0.717) is 12.0 Å². The second-order valence-corrected chi connectivity index (χ2v) is 8.16. The number of hydrogen-bond donors (Lipinski definition) is 7. The lowest BCUT2D eigenvalue weighted by Crippen LogP contribution is -2.58. The number of nitrogens with two attached hydrogens (primary N) is 2. The maximum atomic E-state index is 13.0. The highest BCUT2D eigenvalue weighted by Crippen LogP contribution is 2.13. The average Bonchev–Trinajstić information content (AvgIpc) is 2.76. The fourth-order valence-electron chi connectivity index (χ4n) is 3.00. The number of aliphatic carboxylic acids is 1. The number of carboxylic acids is 1. The molecule has 5 atom stereocenters. The van der Waals surface area contributed by atoms with Gasteiger partial charge in [0.25, 0.3) is 0 Å². The minimum Gasteiger partial charge on any atom is -0.508 e. The lowest BCUT2D eigenvalue weighted by atomic mass is 9.98. The number of phenols is 1. The average molecular weight is 480 g/mol. The van der Waals surface area contributed by atoms with Crippen LogP contribution in [0, 0.1) is 5.92 Å². The minimum atomic E-state index is -1.39. The maximum absolute atomic E-state index is 13.0. The van der Waals surface area contributed by atoms with Gasteiger partial charge in [0.15, 0.2) is 0 Å². The van der Waals surface area contributed by atoms with Crippen molar-refractivity contribution >= 4 is 29.6 Å². The van der Waals surface area contributed by atoms with E-state index in [2.05, 4.69) is 16.0 Å². The topological polar surface area (TPSA) is 214 Å². The van der Waals surface area contributed by atoms with E-state index >= 15 is 0 Å². The van der Waals surface area contributed by atoms with Crippen LogP contribution in [0.5, 0.6) is 5.75 Å². The molecule has 0 saturated carbocycles. The van der Waals surface area contributed by atoms with Gasteiger partial charge in [-0.05, 0) is 30.5 Å². The maximum Gasteiger partial charge on any atom is 0.326 e. The summed E-state index contributed by atoms with van der Waals surface area (Å²) < 4.78 is 0. The van der Waals surface area contributed by atoms with Gasteiger partial charge >= 0.3 is 5.97 Å². The van der Waals surface area contributed by atoms with Crippen LogP contribution in [0.25, 0.3) is 0 Å². The Bertz CT molecular complexity index is 888. The van der Waals surface area contributed by atoms with E-state index in [1.54, 1.807) is 13.8 Å². The third kappa shape index (κ3) is 9.06. The normalized spacial score (nSPS) is 15.2. The molecule has 0 spiro atoms. The summed E-state index contributed by atoms with van der Waals surface area (Å²) in [5.41, 5.74) is 11.2. The molecule has 5 unspecified atom stereocenters. The quantitative estimate of drug-likeness (QED) is 0.181. The van der Waals surface area contributed by atoms with E-state index < -0.39 is 60.2 Å². The SMILES string of the molecule is CCC(C)C(NC(=O)C(Cc1ccc(O)cc1)NC(=O)C(CC(N)=O)NC(=O)C(C)N)C(=O)O. The summed E-state index contributed by atoms with van der Waals surface area (Å²) in [7, 11) is 0. The molecule has 12 nitrogen and oxygen atoms in total. The van der Waals surface area contributed by atoms with Crippen LogP contribution in [0.15, 0.2) is 24.3 Å². The van der Waals surface area contributed by atoms with Crippen LogP contribution in [0.1, 0.15) is 39.2 Å². The van der Waals surface area contributed by atoms with E-state index in [4.69, 9.17) is 11.5 Å². The van der Waals surface area contributed by atoms with Gasteiger partial charge in [-0.1, -0.05) is 32.4 Å². The zero-order chi connectivity index (χ0) is 26.0. The van der Waals surface area contributed by atoms with Gasteiger partial charge < -0.3 is 37.6 Å². The fourth-order valence-corrected chi connectivity index (χ4v) is 3.00. The van der Waals surface area contributed by atoms with E-state index in [1.165, 1.54) is 31.2 Å². The molecule has 0 aliphatic rings. The Hall–Kier alpha value is -3.67. The molecular weight excluding hydrogens is 446 g/mol. The summed E-state index contributed by atoms with van der Waals surface area (Å²) in [5.74, 6) is -4.84. The van der Waals surface area contributed by atoms with Crippen LogP contribution in [0.3, 0.4) is 0 Å². The minimum absolute atomic E-state index is 0.00311. The van der Waals surface area contributed by atoms with Crippen LogP contribution in [-0.2, 0) is 30.4 Å². The summed E-state index contributed by atoms with van der Waals surface area (Å²) in [5, 5.41) is 26.2. The van der Waals surface area contributed by atoms with Crippen LogP contribution in [0.2, 0.25) is 0 Å². The molecule has 0 fully saturated rings. The molecule has 12 heteroatoms. The molecule has 0 heterocycles. The Labute approximate surface area is 197 Å². The Morgan fingerprint density at radius 1 is 0.912 bits per heavy atom. The molecule has 0 aliphatic heterocycles. The third-order valence-electron chi connectivity index (χ3n) is 5.24. The molecule has 1 rings (SSSR count). The number of carbonyl (C=O) groups excluding carboxylic acids is 4. The Morgan fingerprint density at radius 2 is 1.44 bits per heavy atom. The van der Waals surface area contributed by atoms with Gasteiger partial charge in [-0.2, -0.15) is 0 Å². The molecule has 34 heavy (non-hydrogen) atoms. The number of carbonyl (C=O) groups is 5. The second kappa shape index (κ2) is 13.1. The third-order valence-corrected chi connectivity index (χ3v) is 5.24. The van der Waals surface area contributed by atoms with Crippen molar-refractivity contribution < 1.29 is 34.2 Å². The lowest BCUT2D eigenvalue weighted by Gasteiger charge is -2.26. The highest BCUT2D eigenvalue weighted by molar-refractivity contribution is 5.96. The van der Waals surface area contributed by atoms with Gasteiger partial charge in [-0.25, -0.2) is 4.79 Å². The van der Waals surface area contributed by atoms with E-state index in [9.17, 15) is 34.2 Å². The van der Waals surface area contributed by atoms with Crippen molar-refractivity contribution in [3.05, 3.63) is 29.8 Å². The molecule has 9 N–H and O–H groups in total. The molecule has 1 aromatic carbocycles. The first-order chi connectivity index (χ1) is 15.8. The summed E-state index contributed by atoms with van der Waals surface area (Å²) in [6, 6.07) is 1.03. The molecule has 1 aromatic rings. The molecule has 0 bridgehead atoms. The Morgan fingerprint density at radius 3 is 1.91 bits per heavy atom. The molecule has 0 radical (unpaired) electrons. The number of benzene rings is 1. The van der Waals surface area contributed by atoms with Gasteiger partial charge in [0.1, 0.15) is 23.9 Å². The highest BCUT2D eigenvalue weighted by atomic mass is 16.4. The Kier molecular flexibility index (Phi) is 11.0. The van der Waals surface area contributed by atoms with Crippen LogP contribution < -0.4 is 27.4 Å². The molecule has 0 aromatic heterocycles. The van der Waals surface area contributed by atoms with Gasteiger partial charge in [-0.15, -0.1) is 0 Å². The monoisotopic (exact) mass is 479 g/mol. The number of phenolic OH excluding ortho intramolecular Hbond substituents is 1. The predicted octanol–water partition coefficient (Wildman–Crippen LogP) is -1.26. The number of nitrogens with one attached hydrogen (secondary N) is 3. The highest BCUT2D eigenvalue weighted by Gasteiger charge is 2.32. The first-order valence-electron chi connectivity index (χ1n) is 10.8. The summed E-state index contributed by atoms with van der Waals surface area (Å²) in [6.45, 7) is 4.83. The molecule has 0 aliphatic carbocycles. The van der Waals surface area contributed by atoms with E-state index in [1.807, 2.05) is 0 Å². The predicted molar refractivity (Wildman–Crippen MR) is 122 cm³/mol. The number of rotatable bonds is 13. The van der Waals surface area contributed by atoms with Crippen molar-refractivity contribution in [1.82, 2.24) is 16.0 Å². The fraction of sp³-hybridized carbons (Fsp3) is 0.500. The van der Waals surface area contributed by atoms with Crippen molar-refractivity contribution in [1.29, 1.82) is 0 Å². The molecule has 188 valence electrons. The molecular formula is C22H33N5O7. The lowest BCUT2D eigenvalue weighted by molar-refractivity contribution is -0.144. The summed E-state index contributed by atoms with van der Waals surface area (Å²) >= 11 is 0. The van der Waals surface area contributed by atoms with Crippen molar-refractivity contribution in [2.45, 2.75) is 64.2 Å². The smallest absolute Gasteiger partial charge is 0.326 e. The number of amides is 4.